The molecule has 0 spiro atoms. The van der Waals surface area contributed by atoms with Crippen LogP contribution in [0, 0.1) is 20.8 Å². The van der Waals surface area contributed by atoms with E-state index in [2.05, 4.69) is 15.7 Å². The van der Waals surface area contributed by atoms with Crippen molar-refractivity contribution in [3.63, 3.8) is 0 Å². The van der Waals surface area contributed by atoms with Crippen LogP contribution in [0.25, 0.3) is 0 Å². The number of likely N-dealkylation sites (tertiary alicyclic amines) is 1. The lowest BCUT2D eigenvalue weighted by atomic mass is 10.1. The first-order chi connectivity index (χ1) is 20.6. The zero-order valence-electron chi connectivity index (χ0n) is 25.1. The Morgan fingerprint density at radius 1 is 1.05 bits per heavy atom. The Balaban J connectivity index is 1.41. The van der Waals surface area contributed by atoms with Crippen molar-refractivity contribution >= 4 is 17.7 Å². The van der Waals surface area contributed by atoms with Crippen LogP contribution in [0.2, 0.25) is 0 Å². The Bertz CT molecular complexity index is 1530. The van der Waals surface area contributed by atoms with Gasteiger partial charge in [0.1, 0.15) is 29.1 Å². The third-order valence-electron chi connectivity index (χ3n) is 7.99. The van der Waals surface area contributed by atoms with Crippen molar-refractivity contribution in [2.75, 3.05) is 33.9 Å². The molecule has 43 heavy (non-hydrogen) atoms. The first kappa shape index (κ1) is 29.7. The molecule has 0 saturated carbocycles. The summed E-state index contributed by atoms with van der Waals surface area (Å²) in [4.78, 5) is 41.1. The van der Waals surface area contributed by atoms with E-state index < -0.39 is 18.1 Å². The van der Waals surface area contributed by atoms with Gasteiger partial charge in [-0.2, -0.15) is 5.10 Å². The molecule has 12 nitrogen and oxygen atoms in total. The van der Waals surface area contributed by atoms with Gasteiger partial charge >= 0.3 is 0 Å². The maximum Gasteiger partial charge on any atom is 0.258 e. The van der Waals surface area contributed by atoms with Gasteiger partial charge in [0.2, 0.25) is 5.91 Å². The Hall–Kier alpha value is -4.74. The Kier molecular flexibility index (Phi) is 8.74. The van der Waals surface area contributed by atoms with E-state index in [1.807, 2.05) is 31.5 Å². The molecule has 1 fully saturated rings. The molecule has 6 rings (SSSR count). The molecule has 0 aliphatic carbocycles. The maximum atomic E-state index is 13.5. The summed E-state index contributed by atoms with van der Waals surface area (Å²) in [6.45, 7) is 6.95. The number of rotatable bonds is 5. The number of aromatic nitrogens is 2. The summed E-state index contributed by atoms with van der Waals surface area (Å²) in [6, 6.07) is 9.55. The Morgan fingerprint density at radius 3 is 2.58 bits per heavy atom. The van der Waals surface area contributed by atoms with Crippen molar-refractivity contribution in [1.82, 2.24) is 25.3 Å². The van der Waals surface area contributed by atoms with Gasteiger partial charge < -0.3 is 34.5 Å². The fourth-order valence-corrected chi connectivity index (χ4v) is 5.27. The highest BCUT2D eigenvalue weighted by atomic mass is 16.5. The number of aryl methyl sites for hydroxylation is 2. The molecular weight excluding hydrogens is 554 g/mol. The van der Waals surface area contributed by atoms with Gasteiger partial charge in [0.15, 0.2) is 6.61 Å². The molecule has 0 unspecified atom stereocenters. The SMILES string of the molecule is COc1cc2cc(c1)C(=O)N[C@H]1CN(C(=O)CCn3nc(C)c(C)c3C)C[C@@H]1Oc1ccc(c(OC)c1)CNC(=O)CO2. The minimum atomic E-state index is -0.531. The van der Waals surface area contributed by atoms with Crippen LogP contribution < -0.4 is 29.6 Å². The van der Waals surface area contributed by atoms with E-state index in [0.717, 1.165) is 22.5 Å². The number of hydrogen-bond acceptors (Lipinski definition) is 8. The number of hydrogen-bond donors (Lipinski definition) is 2. The second kappa shape index (κ2) is 12.6. The number of nitrogens with one attached hydrogen (secondary N) is 2. The summed E-state index contributed by atoms with van der Waals surface area (Å²) in [5.41, 5.74) is 4.14. The molecule has 4 bridgehead atoms. The third-order valence-corrected chi connectivity index (χ3v) is 7.99. The standard InChI is InChI=1S/C31H37N5O7/c1-18-19(2)34-36(20(18)3)9-8-30(38)35-15-26-28(16-35)43-23-7-6-21(27(13-23)41-5)14-32-29(37)17-42-25-11-22(31(39)33-26)10-24(12-25)40-4/h6-7,10-13,26,28H,8-9,14-17H2,1-5H3,(H,32,37)(H,33,39)/t26-,28-/m0/s1. The molecule has 1 aromatic heterocycles. The quantitative estimate of drug-likeness (QED) is 0.462. The summed E-state index contributed by atoms with van der Waals surface area (Å²) in [7, 11) is 3.03. The van der Waals surface area contributed by atoms with Crippen LogP contribution in [-0.4, -0.2) is 78.5 Å². The van der Waals surface area contributed by atoms with Gasteiger partial charge in [0.25, 0.3) is 11.8 Å². The molecule has 4 heterocycles. The van der Waals surface area contributed by atoms with E-state index in [9.17, 15) is 14.4 Å². The second-order valence-electron chi connectivity index (χ2n) is 10.7. The fraction of sp³-hybridized carbons (Fsp3) is 0.419. The molecule has 1 saturated heterocycles. The van der Waals surface area contributed by atoms with Crippen molar-refractivity contribution in [2.24, 2.45) is 0 Å². The Labute approximate surface area is 250 Å². The van der Waals surface area contributed by atoms with Gasteiger partial charge in [-0.25, -0.2) is 0 Å². The number of methoxy groups -OCH3 is 2. The Morgan fingerprint density at radius 2 is 1.86 bits per heavy atom. The smallest absolute Gasteiger partial charge is 0.258 e. The summed E-state index contributed by atoms with van der Waals surface area (Å²) in [6.07, 6.45) is -0.268. The number of carbonyl (C=O) groups excluding carboxylic acids is 3. The lowest BCUT2D eigenvalue weighted by Gasteiger charge is -2.22. The summed E-state index contributed by atoms with van der Waals surface area (Å²) in [5.74, 6) is 0.966. The minimum absolute atomic E-state index is 0.0570. The molecule has 228 valence electrons. The van der Waals surface area contributed by atoms with Crippen molar-refractivity contribution in [1.29, 1.82) is 0 Å². The van der Waals surface area contributed by atoms with Gasteiger partial charge in [-0.3, -0.25) is 19.1 Å². The summed E-state index contributed by atoms with van der Waals surface area (Å²) in [5, 5.41) is 10.4. The lowest BCUT2D eigenvalue weighted by Crippen LogP contribution is -2.45. The van der Waals surface area contributed by atoms with Crippen LogP contribution >= 0.6 is 0 Å². The van der Waals surface area contributed by atoms with Gasteiger partial charge in [0.05, 0.1) is 32.5 Å². The number of ether oxygens (including phenoxy) is 4. The molecule has 2 atom stereocenters. The van der Waals surface area contributed by atoms with Crippen LogP contribution in [0.15, 0.2) is 36.4 Å². The molecule has 3 amide bonds. The predicted octanol–water partition coefficient (Wildman–Crippen LogP) is 2.31. The number of carbonyl (C=O) groups is 3. The average molecular weight is 592 g/mol. The first-order valence-electron chi connectivity index (χ1n) is 14.2. The molecule has 2 aromatic carbocycles. The van der Waals surface area contributed by atoms with E-state index >= 15 is 0 Å². The average Bonchev–Trinajstić information content (AvgIpc) is 3.51. The van der Waals surface area contributed by atoms with Crippen LogP contribution in [0.1, 0.15) is 39.3 Å². The van der Waals surface area contributed by atoms with E-state index in [1.165, 1.54) is 7.11 Å². The predicted molar refractivity (Wildman–Crippen MR) is 157 cm³/mol. The molecule has 0 radical (unpaired) electrons. The van der Waals surface area contributed by atoms with E-state index in [-0.39, 0.29) is 50.0 Å². The van der Waals surface area contributed by atoms with Crippen molar-refractivity contribution in [3.05, 3.63) is 64.5 Å². The highest BCUT2D eigenvalue weighted by Gasteiger charge is 2.38. The highest BCUT2D eigenvalue weighted by molar-refractivity contribution is 5.95. The van der Waals surface area contributed by atoms with Crippen molar-refractivity contribution in [3.8, 4) is 23.0 Å². The summed E-state index contributed by atoms with van der Waals surface area (Å²) < 4.78 is 24.8. The summed E-state index contributed by atoms with van der Waals surface area (Å²) >= 11 is 0. The topological polar surface area (TPSA) is 133 Å². The van der Waals surface area contributed by atoms with Crippen LogP contribution in [0.5, 0.6) is 23.0 Å². The van der Waals surface area contributed by atoms with E-state index in [4.69, 9.17) is 18.9 Å². The number of benzene rings is 2. The second-order valence-corrected chi connectivity index (χ2v) is 10.7. The molecule has 2 N–H and O–H groups in total. The normalized spacial score (nSPS) is 18.6. The van der Waals surface area contributed by atoms with E-state index in [0.29, 0.717) is 29.5 Å². The van der Waals surface area contributed by atoms with E-state index in [1.54, 1.807) is 42.3 Å². The van der Waals surface area contributed by atoms with Crippen molar-refractivity contribution in [2.45, 2.75) is 52.4 Å². The van der Waals surface area contributed by atoms with Gasteiger partial charge in [-0.05, 0) is 50.6 Å². The highest BCUT2D eigenvalue weighted by Crippen LogP contribution is 2.28. The zero-order chi connectivity index (χ0) is 30.7. The fourth-order valence-electron chi connectivity index (χ4n) is 5.27. The molecule has 3 aliphatic heterocycles. The van der Waals surface area contributed by atoms with Crippen LogP contribution in [-0.2, 0) is 22.7 Å². The third kappa shape index (κ3) is 6.68. The van der Waals surface area contributed by atoms with Crippen LogP contribution in [0.3, 0.4) is 0 Å². The monoisotopic (exact) mass is 591 g/mol. The van der Waals surface area contributed by atoms with Gasteiger partial charge in [-0.1, -0.05) is 0 Å². The molecule has 12 heteroatoms. The number of nitrogens with zero attached hydrogens (tertiary/aromatic N) is 3. The number of amides is 3. The van der Waals surface area contributed by atoms with Crippen LogP contribution in [0.4, 0.5) is 0 Å². The first-order valence-corrected chi connectivity index (χ1v) is 14.2. The molecular formula is C31H37N5O7. The molecule has 3 aromatic rings. The maximum absolute atomic E-state index is 13.5. The number of fused-ring (bicyclic) bond motifs is 7. The zero-order valence-corrected chi connectivity index (χ0v) is 25.1. The molecule has 3 aliphatic rings. The van der Waals surface area contributed by atoms with Crippen molar-refractivity contribution < 1.29 is 33.3 Å². The van der Waals surface area contributed by atoms with Gasteiger partial charge in [-0.15, -0.1) is 0 Å². The van der Waals surface area contributed by atoms with Gasteiger partial charge in [0, 0.05) is 55.0 Å². The largest absolute Gasteiger partial charge is 0.497 e. The minimum Gasteiger partial charge on any atom is -0.497 e. The lowest BCUT2D eigenvalue weighted by molar-refractivity contribution is -0.130.